The Morgan fingerprint density at radius 1 is 1.16 bits per heavy atom. The van der Waals surface area contributed by atoms with E-state index in [0.29, 0.717) is 6.42 Å². The van der Waals surface area contributed by atoms with Crippen LogP contribution in [-0.4, -0.2) is 85.5 Å². The molecule has 12 atom stereocenters. The van der Waals surface area contributed by atoms with Gasteiger partial charge in [-0.2, -0.15) is 0 Å². The lowest BCUT2D eigenvalue weighted by Crippen LogP contribution is -2.69. The van der Waals surface area contributed by atoms with Crippen LogP contribution < -0.4 is 0 Å². The summed E-state index contributed by atoms with van der Waals surface area (Å²) in [4.78, 5) is 40.3. The number of fused-ring (bicyclic) bond motifs is 7. The molecule has 250 valence electrons. The minimum absolute atomic E-state index is 0.158. The van der Waals surface area contributed by atoms with Crippen LogP contribution in [0.3, 0.4) is 0 Å². The zero-order valence-corrected chi connectivity index (χ0v) is 27.5. The van der Waals surface area contributed by atoms with Gasteiger partial charge in [-0.3, -0.25) is 9.59 Å². The lowest BCUT2D eigenvalue weighted by molar-refractivity contribution is -0.244. The highest BCUT2D eigenvalue weighted by atomic mass is 16.6. The van der Waals surface area contributed by atoms with Crippen molar-refractivity contribution in [2.75, 3.05) is 6.61 Å². The smallest absolute Gasteiger partial charge is 0.331 e. The maximum Gasteiger partial charge on any atom is 0.331 e. The summed E-state index contributed by atoms with van der Waals surface area (Å²) in [5.74, 6) is -6.27. The van der Waals surface area contributed by atoms with Crippen LogP contribution in [0.1, 0.15) is 80.6 Å². The minimum atomic E-state index is -2.50. The van der Waals surface area contributed by atoms with Gasteiger partial charge in [0.15, 0.2) is 17.0 Å². The fourth-order valence-corrected chi connectivity index (χ4v) is 9.09. The normalized spacial score (nSPS) is 44.7. The van der Waals surface area contributed by atoms with Crippen LogP contribution >= 0.6 is 0 Å². The molecule has 3 saturated carbocycles. The minimum Gasteiger partial charge on any atom is -0.455 e. The average Bonchev–Trinajstić information content (AvgIpc) is 3.83. The number of carbonyl (C=O) groups is 3. The van der Waals surface area contributed by atoms with Gasteiger partial charge in [-0.1, -0.05) is 78.7 Å². The van der Waals surface area contributed by atoms with Crippen molar-refractivity contribution in [3.8, 4) is 0 Å². The van der Waals surface area contributed by atoms with Crippen molar-refractivity contribution >= 4 is 17.7 Å². The van der Waals surface area contributed by atoms with Crippen molar-refractivity contribution < 1.29 is 49.0 Å². The van der Waals surface area contributed by atoms with E-state index in [1.54, 1.807) is 26.0 Å². The van der Waals surface area contributed by atoms with Crippen LogP contribution in [0.15, 0.2) is 36.0 Å². The summed E-state index contributed by atoms with van der Waals surface area (Å²) >= 11 is 0. The number of epoxide rings is 1. The molecule has 10 nitrogen and oxygen atoms in total. The highest BCUT2D eigenvalue weighted by Gasteiger charge is 2.93. The molecule has 0 bridgehead atoms. The second-order valence-corrected chi connectivity index (χ2v) is 14.6. The molecule has 0 amide bonds. The number of carbonyl (C=O) groups excluding carboxylic acids is 3. The Balaban J connectivity index is 1.60. The van der Waals surface area contributed by atoms with Gasteiger partial charge in [0.2, 0.25) is 0 Å². The lowest BCUT2D eigenvalue weighted by Gasteiger charge is -2.53. The van der Waals surface area contributed by atoms with Gasteiger partial charge < -0.3 is 34.6 Å². The Bertz CT molecular complexity index is 1320. The third-order valence-corrected chi connectivity index (χ3v) is 12.0. The van der Waals surface area contributed by atoms with Crippen molar-refractivity contribution in [1.82, 2.24) is 0 Å². The summed E-state index contributed by atoms with van der Waals surface area (Å²) in [6.07, 6.45) is 8.77. The fraction of sp³-hybridized carbons (Fsp3) is 0.743. The van der Waals surface area contributed by atoms with Crippen LogP contribution in [-0.2, 0) is 28.6 Å². The molecule has 1 heterocycles. The summed E-state index contributed by atoms with van der Waals surface area (Å²) in [5, 5.41) is 47.1. The first kappa shape index (κ1) is 34.0. The number of ether oxygens (including phenoxy) is 3. The van der Waals surface area contributed by atoms with E-state index in [1.165, 1.54) is 19.1 Å². The maximum atomic E-state index is 13.5. The van der Waals surface area contributed by atoms with E-state index in [4.69, 9.17) is 14.2 Å². The molecule has 0 aromatic rings. The zero-order chi connectivity index (χ0) is 33.3. The number of unbranched alkanes of at least 4 members (excludes halogenated alkanes) is 3. The molecule has 4 aliphatic carbocycles. The fourth-order valence-electron chi connectivity index (χ4n) is 9.09. The van der Waals surface area contributed by atoms with Crippen molar-refractivity contribution in [2.24, 2.45) is 35.0 Å². The van der Waals surface area contributed by atoms with E-state index in [0.717, 1.165) is 25.7 Å². The van der Waals surface area contributed by atoms with Gasteiger partial charge in [-0.25, -0.2) is 4.79 Å². The standard InChI is InChI=1S/C35H50O10/c1-8-10-11-12-13-14-15-16-23(37)43-27-21(5)33(41)22-17-20(4)26(38)34(22,42)30(40)32(18-36)28(44-32)24(33)25-31(6,7)35(25,27)45-29(39)19(3)9-2/h13-17,19,21-22,24-25,27-28,30,36,40-42H,8-12,18H2,1-7H3/b14-13+,16-15-/t19?,21-,22+,24-,25+,27?,28?,30?,32?,33?,34?,35?/m1/s1. The molecule has 5 aliphatic rings. The number of hydrogen-bond donors (Lipinski definition) is 4. The van der Waals surface area contributed by atoms with E-state index in [9.17, 15) is 34.8 Å². The summed E-state index contributed by atoms with van der Waals surface area (Å²) < 4.78 is 18.5. The molecule has 4 fully saturated rings. The summed E-state index contributed by atoms with van der Waals surface area (Å²) in [6, 6.07) is 0. The highest BCUT2D eigenvalue weighted by Crippen LogP contribution is 2.80. The van der Waals surface area contributed by atoms with Gasteiger partial charge >= 0.3 is 11.9 Å². The molecule has 5 rings (SSSR count). The number of esters is 2. The van der Waals surface area contributed by atoms with Gasteiger partial charge in [-0.05, 0) is 31.8 Å². The Labute approximate surface area is 265 Å². The van der Waals surface area contributed by atoms with E-state index in [-0.39, 0.29) is 5.57 Å². The number of allylic oxidation sites excluding steroid dienone is 3. The van der Waals surface area contributed by atoms with Crippen molar-refractivity contribution in [3.63, 3.8) is 0 Å². The summed E-state index contributed by atoms with van der Waals surface area (Å²) in [7, 11) is 0. The van der Waals surface area contributed by atoms with Crippen molar-refractivity contribution in [3.05, 3.63) is 36.0 Å². The molecule has 0 radical (unpaired) electrons. The number of Topliss-reactive ketones (excluding diaryl/α,β-unsaturated/α-hetero) is 1. The van der Waals surface area contributed by atoms with E-state index >= 15 is 0 Å². The van der Waals surface area contributed by atoms with Crippen LogP contribution in [0.4, 0.5) is 0 Å². The highest BCUT2D eigenvalue weighted by molar-refractivity contribution is 6.05. The number of hydrogen-bond acceptors (Lipinski definition) is 10. The van der Waals surface area contributed by atoms with Crippen LogP contribution in [0.25, 0.3) is 0 Å². The van der Waals surface area contributed by atoms with E-state index < -0.39 is 100 Å². The second-order valence-electron chi connectivity index (χ2n) is 14.6. The average molecular weight is 631 g/mol. The van der Waals surface area contributed by atoms with Gasteiger partial charge in [0.1, 0.15) is 17.8 Å². The van der Waals surface area contributed by atoms with Gasteiger partial charge in [0, 0.05) is 35.2 Å². The molecule has 1 saturated heterocycles. The monoisotopic (exact) mass is 630 g/mol. The SMILES string of the molecule is CCCCC/C=C/C=C\C(=O)OC1[C@@H](C)C2(O)[C@@H]3C=C(C)C(=O)C3(O)C(O)C3(CO)OC3[C@H]2[C@H]2C(C)(C)C12OC(=O)C(C)CC. The predicted octanol–water partition coefficient (Wildman–Crippen LogP) is 2.95. The number of rotatable bonds is 11. The third-order valence-electron chi connectivity index (χ3n) is 12.0. The van der Waals surface area contributed by atoms with Gasteiger partial charge in [-0.15, -0.1) is 0 Å². The molecule has 4 N–H and O–H groups in total. The molecule has 0 aromatic heterocycles. The molecule has 10 heteroatoms. The number of aliphatic hydroxyl groups is 4. The second kappa shape index (κ2) is 11.4. The molecule has 0 aromatic carbocycles. The van der Waals surface area contributed by atoms with E-state index in [2.05, 4.69) is 6.92 Å². The summed E-state index contributed by atoms with van der Waals surface area (Å²) in [6.45, 7) is 11.9. The Morgan fingerprint density at radius 2 is 1.84 bits per heavy atom. The quantitative estimate of drug-likeness (QED) is 0.0878. The first-order valence-corrected chi connectivity index (χ1v) is 16.5. The summed E-state index contributed by atoms with van der Waals surface area (Å²) in [5.41, 5.74) is -8.27. The Hall–Kier alpha value is -2.37. The maximum absolute atomic E-state index is 13.5. The Morgan fingerprint density at radius 3 is 2.47 bits per heavy atom. The van der Waals surface area contributed by atoms with Crippen LogP contribution in [0.5, 0.6) is 0 Å². The van der Waals surface area contributed by atoms with Gasteiger partial charge in [0.25, 0.3) is 0 Å². The van der Waals surface area contributed by atoms with Crippen LogP contribution in [0.2, 0.25) is 0 Å². The Kier molecular flexibility index (Phi) is 8.61. The molecular formula is C35H50O10. The third kappa shape index (κ3) is 4.49. The van der Waals surface area contributed by atoms with Gasteiger partial charge in [0.05, 0.1) is 24.2 Å². The molecular weight excluding hydrogens is 580 g/mol. The van der Waals surface area contributed by atoms with E-state index in [1.807, 2.05) is 26.8 Å². The van der Waals surface area contributed by atoms with Crippen molar-refractivity contribution in [1.29, 1.82) is 0 Å². The number of aliphatic hydroxyl groups excluding tert-OH is 2. The lowest BCUT2D eigenvalue weighted by atomic mass is 9.58. The van der Waals surface area contributed by atoms with Crippen LogP contribution in [0, 0.1) is 35.0 Å². The topological polar surface area (TPSA) is 163 Å². The largest absolute Gasteiger partial charge is 0.455 e. The predicted molar refractivity (Wildman–Crippen MR) is 163 cm³/mol. The number of ketones is 1. The molecule has 8 unspecified atom stereocenters. The van der Waals surface area contributed by atoms with Crippen molar-refractivity contribution in [2.45, 2.75) is 121 Å². The molecule has 45 heavy (non-hydrogen) atoms. The molecule has 0 spiro atoms. The first-order chi connectivity index (χ1) is 21.1. The first-order valence-electron chi connectivity index (χ1n) is 16.5. The molecule has 1 aliphatic heterocycles. The zero-order valence-electron chi connectivity index (χ0n) is 27.5.